The summed E-state index contributed by atoms with van der Waals surface area (Å²) in [7, 11) is -3.04. The van der Waals surface area contributed by atoms with E-state index in [1.807, 2.05) is 0 Å². The van der Waals surface area contributed by atoms with E-state index in [4.69, 9.17) is 9.47 Å². The Morgan fingerprint density at radius 3 is 2.50 bits per heavy atom. The first-order chi connectivity index (χ1) is 11.3. The Hall–Kier alpha value is -1.17. The van der Waals surface area contributed by atoms with Crippen LogP contribution in [0.3, 0.4) is 0 Å². The SMILES string of the molecule is CC(C)C(=O)OCOC(=O)NCCC[P+](O)(O)C=C1CCCCC1. The van der Waals surface area contributed by atoms with Crippen molar-refractivity contribution in [2.45, 2.75) is 52.4 Å². The number of alkyl carbamates (subject to hydrolysis) is 1. The van der Waals surface area contributed by atoms with E-state index in [2.05, 4.69) is 5.32 Å². The monoisotopic (exact) mass is 362 g/mol. The number of rotatable bonds is 8. The predicted molar refractivity (Wildman–Crippen MR) is 92.3 cm³/mol. The van der Waals surface area contributed by atoms with Gasteiger partial charge in [-0.1, -0.05) is 20.3 Å². The van der Waals surface area contributed by atoms with Crippen molar-refractivity contribution in [1.82, 2.24) is 5.32 Å². The maximum Gasteiger partial charge on any atom is 0.410 e. The second-order valence-electron chi connectivity index (χ2n) is 6.31. The molecule has 138 valence electrons. The maximum absolute atomic E-state index is 11.4. The molecule has 1 saturated carbocycles. The van der Waals surface area contributed by atoms with Crippen LogP contribution in [0.2, 0.25) is 0 Å². The predicted octanol–water partition coefficient (Wildman–Crippen LogP) is 2.94. The van der Waals surface area contributed by atoms with Gasteiger partial charge >= 0.3 is 12.1 Å². The fraction of sp³-hybridized carbons (Fsp3) is 0.750. The average Bonchev–Trinajstić information content (AvgIpc) is 2.52. The van der Waals surface area contributed by atoms with Crippen molar-refractivity contribution < 1.29 is 28.8 Å². The molecule has 0 heterocycles. The molecule has 0 bridgehead atoms. The Morgan fingerprint density at radius 1 is 1.21 bits per heavy atom. The largest absolute Gasteiger partial charge is 0.428 e. The molecule has 3 N–H and O–H groups in total. The van der Waals surface area contributed by atoms with Gasteiger partial charge in [-0.05, 0) is 31.3 Å². The van der Waals surface area contributed by atoms with Crippen LogP contribution >= 0.6 is 7.72 Å². The number of amides is 1. The molecular formula is C16H29NO6P+. The fourth-order valence-electron chi connectivity index (χ4n) is 2.35. The van der Waals surface area contributed by atoms with Gasteiger partial charge in [-0.2, -0.15) is 0 Å². The maximum atomic E-state index is 11.4. The molecule has 1 aliphatic carbocycles. The molecule has 0 unspecified atom stereocenters. The third kappa shape index (κ3) is 9.21. The van der Waals surface area contributed by atoms with Gasteiger partial charge in [-0.3, -0.25) is 4.79 Å². The number of hydrogen-bond donors (Lipinski definition) is 3. The molecule has 0 saturated heterocycles. The second kappa shape index (κ2) is 10.6. The lowest BCUT2D eigenvalue weighted by Crippen LogP contribution is -2.27. The number of carbonyl (C=O) groups is 2. The minimum Gasteiger partial charge on any atom is -0.428 e. The molecule has 0 aromatic rings. The highest BCUT2D eigenvalue weighted by Gasteiger charge is 2.30. The van der Waals surface area contributed by atoms with E-state index in [1.54, 1.807) is 19.7 Å². The minimum absolute atomic E-state index is 0.235. The van der Waals surface area contributed by atoms with E-state index < -0.39 is 26.6 Å². The van der Waals surface area contributed by atoms with Crippen molar-refractivity contribution in [3.05, 3.63) is 11.4 Å². The third-order valence-electron chi connectivity index (χ3n) is 3.68. The van der Waals surface area contributed by atoms with Gasteiger partial charge in [0, 0.05) is 13.0 Å². The molecule has 0 atom stereocenters. The summed E-state index contributed by atoms with van der Waals surface area (Å²) in [4.78, 5) is 42.7. The topological polar surface area (TPSA) is 105 Å². The Balaban J connectivity index is 2.15. The van der Waals surface area contributed by atoms with Gasteiger partial charge in [0.05, 0.1) is 5.92 Å². The van der Waals surface area contributed by atoms with Crippen LogP contribution in [0.15, 0.2) is 11.4 Å². The summed E-state index contributed by atoms with van der Waals surface area (Å²) < 4.78 is 9.41. The second-order valence-corrected chi connectivity index (χ2v) is 8.58. The molecule has 1 amide bonds. The Kier molecular flexibility index (Phi) is 9.26. The van der Waals surface area contributed by atoms with Crippen LogP contribution in [0, 0.1) is 5.92 Å². The molecule has 8 heteroatoms. The van der Waals surface area contributed by atoms with Crippen molar-refractivity contribution in [2.75, 3.05) is 19.5 Å². The van der Waals surface area contributed by atoms with Crippen molar-refractivity contribution in [2.24, 2.45) is 5.92 Å². The highest BCUT2D eigenvalue weighted by molar-refractivity contribution is 7.67. The van der Waals surface area contributed by atoms with Gasteiger partial charge in [-0.25, -0.2) is 14.6 Å². The van der Waals surface area contributed by atoms with E-state index in [9.17, 15) is 19.4 Å². The quantitative estimate of drug-likeness (QED) is 0.265. The van der Waals surface area contributed by atoms with Crippen molar-refractivity contribution in [1.29, 1.82) is 0 Å². The van der Waals surface area contributed by atoms with Crippen LogP contribution in [0.25, 0.3) is 0 Å². The summed E-state index contributed by atoms with van der Waals surface area (Å²) in [6.07, 6.45) is 5.30. The van der Waals surface area contributed by atoms with E-state index in [1.165, 1.54) is 6.42 Å². The van der Waals surface area contributed by atoms with E-state index >= 15 is 0 Å². The summed E-state index contributed by atoms with van der Waals surface area (Å²) >= 11 is 0. The molecule has 0 aliphatic heterocycles. The lowest BCUT2D eigenvalue weighted by atomic mass is 9.96. The van der Waals surface area contributed by atoms with Crippen LogP contribution in [0.4, 0.5) is 4.79 Å². The highest BCUT2D eigenvalue weighted by atomic mass is 31.2. The molecule has 1 fully saturated rings. The number of hydrogen-bond acceptors (Lipinski definition) is 6. The van der Waals surface area contributed by atoms with Crippen molar-refractivity contribution in [3.63, 3.8) is 0 Å². The molecule has 0 aromatic carbocycles. The third-order valence-corrected chi connectivity index (χ3v) is 5.43. The Labute approximate surface area is 143 Å². The Morgan fingerprint density at radius 2 is 1.88 bits per heavy atom. The number of esters is 1. The van der Waals surface area contributed by atoms with Gasteiger partial charge < -0.3 is 14.8 Å². The molecule has 7 nitrogen and oxygen atoms in total. The molecule has 0 spiro atoms. The molecular weight excluding hydrogens is 333 g/mol. The van der Waals surface area contributed by atoms with Gasteiger partial charge in [0.15, 0.2) is 0 Å². The van der Waals surface area contributed by atoms with Crippen LogP contribution < -0.4 is 5.32 Å². The van der Waals surface area contributed by atoms with Crippen LogP contribution in [-0.2, 0) is 14.3 Å². The first-order valence-electron chi connectivity index (χ1n) is 8.41. The normalized spacial score (nSPS) is 15.1. The number of ether oxygens (including phenoxy) is 2. The molecule has 0 radical (unpaired) electrons. The Bertz CT molecular complexity index is 442. The summed E-state index contributed by atoms with van der Waals surface area (Å²) in [5, 5.41) is 2.48. The minimum atomic E-state index is -3.04. The van der Waals surface area contributed by atoms with E-state index in [0.717, 1.165) is 31.3 Å². The standard InChI is InChI=1S/C16H28NO6P/c1-13(2)15(18)22-12-23-16(19)17-9-6-10-24(20,21)11-14-7-4-3-5-8-14/h11,13,20-21H,3-10,12H2,1-2H3/p+1. The summed E-state index contributed by atoms with van der Waals surface area (Å²) in [5.74, 6) is 0.936. The average molecular weight is 362 g/mol. The van der Waals surface area contributed by atoms with Gasteiger partial charge in [0.1, 0.15) is 12.0 Å². The van der Waals surface area contributed by atoms with Gasteiger partial charge in [0.2, 0.25) is 6.79 Å². The molecule has 0 aromatic heterocycles. The first kappa shape index (κ1) is 20.9. The fourth-order valence-corrected chi connectivity index (χ4v) is 3.95. The highest BCUT2D eigenvalue weighted by Crippen LogP contribution is 2.53. The van der Waals surface area contributed by atoms with Gasteiger partial charge in [-0.15, -0.1) is 0 Å². The molecule has 24 heavy (non-hydrogen) atoms. The van der Waals surface area contributed by atoms with Crippen LogP contribution in [-0.4, -0.2) is 41.3 Å². The van der Waals surface area contributed by atoms with E-state index in [-0.39, 0.29) is 18.6 Å². The zero-order chi connectivity index (χ0) is 18.0. The molecule has 1 aliphatic rings. The number of nitrogens with one attached hydrogen (secondary N) is 1. The summed E-state index contributed by atoms with van der Waals surface area (Å²) in [6, 6.07) is 0. The van der Waals surface area contributed by atoms with E-state index in [0.29, 0.717) is 6.42 Å². The number of carbonyl (C=O) groups excluding carboxylic acids is 2. The zero-order valence-electron chi connectivity index (χ0n) is 14.5. The van der Waals surface area contributed by atoms with Crippen LogP contribution in [0.5, 0.6) is 0 Å². The zero-order valence-corrected chi connectivity index (χ0v) is 15.4. The first-order valence-corrected chi connectivity index (χ1v) is 10.4. The lowest BCUT2D eigenvalue weighted by Gasteiger charge is -2.15. The van der Waals surface area contributed by atoms with Gasteiger partial charge in [0.25, 0.3) is 7.72 Å². The number of allylic oxidation sites excluding steroid dienone is 1. The van der Waals surface area contributed by atoms with Crippen LogP contribution in [0.1, 0.15) is 52.4 Å². The summed E-state index contributed by atoms with van der Waals surface area (Å²) in [6.45, 7) is 3.21. The van der Waals surface area contributed by atoms with Crippen molar-refractivity contribution in [3.8, 4) is 0 Å². The lowest BCUT2D eigenvalue weighted by molar-refractivity contribution is -0.155. The van der Waals surface area contributed by atoms with Crippen molar-refractivity contribution >= 4 is 19.8 Å². The smallest absolute Gasteiger partial charge is 0.410 e. The summed E-state index contributed by atoms with van der Waals surface area (Å²) in [5.41, 5.74) is 1.14. The molecule has 1 rings (SSSR count).